The summed E-state index contributed by atoms with van der Waals surface area (Å²) in [5.41, 5.74) is 5.15. The summed E-state index contributed by atoms with van der Waals surface area (Å²) in [5.74, 6) is -0.581. The van der Waals surface area contributed by atoms with E-state index in [1.54, 1.807) is 20.8 Å². The molecule has 0 atom stereocenters. The highest BCUT2D eigenvalue weighted by Gasteiger charge is 2.14. The van der Waals surface area contributed by atoms with Gasteiger partial charge in [0.05, 0.1) is 0 Å². The molecule has 0 aliphatic heterocycles. The Labute approximate surface area is 98.2 Å². The quantitative estimate of drug-likeness (QED) is 0.672. The Kier molecular flexibility index (Phi) is 7.34. The average molecular weight is 231 g/mol. The van der Waals surface area contributed by atoms with E-state index in [-0.39, 0.29) is 0 Å². The monoisotopic (exact) mass is 231 g/mol. The first kappa shape index (κ1) is 15.4. The zero-order valence-electron chi connectivity index (χ0n) is 10.7. The molecule has 3 N–H and O–H groups in total. The lowest BCUT2D eigenvalue weighted by Crippen LogP contribution is -2.25. The number of esters is 1. The molecule has 16 heavy (non-hydrogen) atoms. The highest BCUT2D eigenvalue weighted by atomic mass is 16.6. The summed E-state index contributed by atoms with van der Waals surface area (Å²) in [6.07, 6.45) is 6.66. The van der Waals surface area contributed by atoms with Crippen molar-refractivity contribution in [1.29, 1.82) is 0 Å². The molecule has 0 saturated heterocycles. The van der Waals surface area contributed by atoms with E-state index in [0.29, 0.717) is 6.04 Å². The third-order valence-electron chi connectivity index (χ3n) is 2.20. The number of nitrogens with two attached hydrogens (primary N) is 1. The van der Waals surface area contributed by atoms with E-state index in [4.69, 9.17) is 15.6 Å². The molecule has 1 saturated carbocycles. The van der Waals surface area contributed by atoms with Gasteiger partial charge in [0.15, 0.2) is 0 Å². The molecule has 0 unspecified atom stereocenters. The summed E-state index contributed by atoms with van der Waals surface area (Å²) in [4.78, 5) is 10.4. The average Bonchev–Trinajstić information content (AvgIpc) is 2.17. The van der Waals surface area contributed by atoms with Crippen molar-refractivity contribution in [2.75, 3.05) is 6.61 Å². The lowest BCUT2D eigenvalue weighted by Gasteiger charge is -2.18. The van der Waals surface area contributed by atoms with Crippen LogP contribution in [0.2, 0.25) is 0 Å². The SMILES string of the molecule is CC(C)(C)OC(=O)CO.NC1CCCCC1. The number of carbonyl (C=O) groups is 1. The van der Waals surface area contributed by atoms with Crippen molar-refractivity contribution in [3.05, 3.63) is 0 Å². The molecule has 0 aromatic heterocycles. The fourth-order valence-electron chi connectivity index (χ4n) is 1.51. The van der Waals surface area contributed by atoms with E-state index in [9.17, 15) is 4.79 Å². The van der Waals surface area contributed by atoms with Gasteiger partial charge in [-0.2, -0.15) is 0 Å². The number of aliphatic hydroxyl groups is 1. The van der Waals surface area contributed by atoms with Crippen molar-refractivity contribution in [2.24, 2.45) is 5.73 Å². The molecule has 4 nitrogen and oxygen atoms in total. The van der Waals surface area contributed by atoms with E-state index in [2.05, 4.69) is 0 Å². The molecule has 96 valence electrons. The molecule has 0 amide bonds. The highest BCUT2D eigenvalue weighted by molar-refractivity contribution is 5.70. The Morgan fingerprint density at radius 1 is 1.31 bits per heavy atom. The molecule has 0 aromatic rings. The van der Waals surface area contributed by atoms with E-state index in [0.717, 1.165) is 0 Å². The van der Waals surface area contributed by atoms with Crippen molar-refractivity contribution in [2.45, 2.75) is 64.5 Å². The Hall–Kier alpha value is -0.610. The minimum atomic E-state index is -0.581. The summed E-state index contributed by atoms with van der Waals surface area (Å²) >= 11 is 0. The maximum absolute atomic E-state index is 10.4. The molecule has 0 heterocycles. The molecule has 1 aliphatic carbocycles. The first-order chi connectivity index (χ1) is 7.35. The third kappa shape index (κ3) is 9.93. The first-order valence-electron chi connectivity index (χ1n) is 5.93. The Morgan fingerprint density at radius 3 is 2.00 bits per heavy atom. The van der Waals surface area contributed by atoms with Crippen LogP contribution in [0.15, 0.2) is 0 Å². The van der Waals surface area contributed by atoms with Crippen molar-refractivity contribution in [1.82, 2.24) is 0 Å². The molecular formula is C12H25NO3. The first-order valence-corrected chi connectivity index (χ1v) is 5.93. The van der Waals surface area contributed by atoms with Gasteiger partial charge >= 0.3 is 5.97 Å². The van der Waals surface area contributed by atoms with Crippen LogP contribution in [0.25, 0.3) is 0 Å². The topological polar surface area (TPSA) is 72.5 Å². The van der Waals surface area contributed by atoms with Gasteiger partial charge in [-0.25, -0.2) is 4.79 Å². The van der Waals surface area contributed by atoms with Gasteiger partial charge in [0.25, 0.3) is 0 Å². The normalized spacial score (nSPS) is 17.3. The van der Waals surface area contributed by atoms with Crippen LogP contribution in [0.3, 0.4) is 0 Å². The van der Waals surface area contributed by atoms with Gasteiger partial charge in [-0.05, 0) is 33.6 Å². The van der Waals surface area contributed by atoms with Gasteiger partial charge in [0.2, 0.25) is 0 Å². The maximum atomic E-state index is 10.4. The van der Waals surface area contributed by atoms with E-state index < -0.39 is 18.2 Å². The number of rotatable bonds is 1. The Balaban J connectivity index is 0.000000288. The second-order valence-corrected chi connectivity index (χ2v) is 5.14. The predicted molar refractivity (Wildman–Crippen MR) is 64.0 cm³/mol. The third-order valence-corrected chi connectivity index (χ3v) is 2.20. The summed E-state index contributed by atoms with van der Waals surface area (Å²) in [6.45, 7) is 4.71. The van der Waals surface area contributed by atoms with Gasteiger partial charge in [-0.15, -0.1) is 0 Å². The van der Waals surface area contributed by atoms with Gasteiger partial charge < -0.3 is 15.6 Å². The van der Waals surface area contributed by atoms with Crippen molar-refractivity contribution in [3.8, 4) is 0 Å². The van der Waals surface area contributed by atoms with Crippen LogP contribution in [0.1, 0.15) is 52.9 Å². The largest absolute Gasteiger partial charge is 0.458 e. The molecule has 1 rings (SSSR count). The van der Waals surface area contributed by atoms with Crippen molar-refractivity contribution < 1.29 is 14.6 Å². The molecular weight excluding hydrogens is 206 g/mol. The zero-order chi connectivity index (χ0) is 12.6. The number of ether oxygens (including phenoxy) is 1. The molecule has 0 radical (unpaired) electrons. The predicted octanol–water partition coefficient (Wildman–Crippen LogP) is 1.60. The van der Waals surface area contributed by atoms with Crippen LogP contribution in [-0.4, -0.2) is 29.3 Å². The van der Waals surface area contributed by atoms with E-state index in [1.807, 2.05) is 0 Å². The Bertz CT molecular complexity index is 193. The van der Waals surface area contributed by atoms with Crippen LogP contribution in [0.4, 0.5) is 0 Å². The number of hydrogen-bond acceptors (Lipinski definition) is 4. The van der Waals surface area contributed by atoms with Crippen molar-refractivity contribution >= 4 is 5.97 Å². The van der Waals surface area contributed by atoms with Gasteiger partial charge in [0.1, 0.15) is 12.2 Å². The summed E-state index contributed by atoms with van der Waals surface area (Å²) in [7, 11) is 0. The lowest BCUT2D eigenvalue weighted by molar-refractivity contribution is -0.158. The van der Waals surface area contributed by atoms with E-state index in [1.165, 1.54) is 32.1 Å². The fourth-order valence-corrected chi connectivity index (χ4v) is 1.51. The molecule has 4 heteroatoms. The molecule has 0 spiro atoms. The van der Waals surface area contributed by atoms with Crippen LogP contribution in [0, 0.1) is 0 Å². The zero-order valence-corrected chi connectivity index (χ0v) is 10.7. The molecule has 0 bridgehead atoms. The minimum Gasteiger partial charge on any atom is -0.458 e. The summed E-state index contributed by atoms with van der Waals surface area (Å²) in [5, 5.41) is 8.22. The smallest absolute Gasteiger partial charge is 0.332 e. The van der Waals surface area contributed by atoms with Crippen LogP contribution >= 0.6 is 0 Å². The second kappa shape index (κ2) is 7.63. The standard InChI is InChI=1S/C6H13N.C6H12O3/c7-6-4-2-1-3-5-6;1-6(2,3)9-5(8)4-7/h6H,1-5,7H2;7H,4H2,1-3H3. The molecule has 0 aromatic carbocycles. The Morgan fingerprint density at radius 2 is 1.81 bits per heavy atom. The highest BCUT2D eigenvalue weighted by Crippen LogP contribution is 2.14. The number of aliphatic hydroxyl groups excluding tert-OH is 1. The van der Waals surface area contributed by atoms with Gasteiger partial charge in [-0.3, -0.25) is 0 Å². The summed E-state index contributed by atoms with van der Waals surface area (Å²) < 4.78 is 4.70. The lowest BCUT2D eigenvalue weighted by atomic mass is 9.97. The number of hydrogen-bond donors (Lipinski definition) is 2. The van der Waals surface area contributed by atoms with Crippen LogP contribution < -0.4 is 5.73 Å². The van der Waals surface area contributed by atoms with Crippen LogP contribution in [0.5, 0.6) is 0 Å². The fraction of sp³-hybridized carbons (Fsp3) is 0.917. The minimum absolute atomic E-state index is 0.486. The van der Waals surface area contributed by atoms with Gasteiger partial charge in [-0.1, -0.05) is 19.3 Å². The van der Waals surface area contributed by atoms with Crippen molar-refractivity contribution in [3.63, 3.8) is 0 Å². The van der Waals surface area contributed by atoms with Crippen LogP contribution in [-0.2, 0) is 9.53 Å². The van der Waals surface area contributed by atoms with E-state index >= 15 is 0 Å². The maximum Gasteiger partial charge on any atom is 0.332 e. The summed E-state index contributed by atoms with van der Waals surface area (Å²) in [6, 6.07) is 0.536. The molecule has 1 fully saturated rings. The van der Waals surface area contributed by atoms with Gasteiger partial charge in [0, 0.05) is 6.04 Å². The molecule has 1 aliphatic rings. The second-order valence-electron chi connectivity index (χ2n) is 5.14. The number of carbonyl (C=O) groups excluding carboxylic acids is 1.